The lowest BCUT2D eigenvalue weighted by Gasteiger charge is -2.10. The number of sulfone groups is 1. The number of ether oxygens (including phenoxy) is 3. The van der Waals surface area contributed by atoms with Gasteiger partial charge in [-0.2, -0.15) is 9.65 Å². The molecule has 0 aliphatic carbocycles. The highest BCUT2D eigenvalue weighted by molar-refractivity contribution is 7.90. The van der Waals surface area contributed by atoms with Crippen LogP contribution < -0.4 is 14.2 Å². The molecular formula is C106H144FN5O6S. The number of para-hydroxylation sites is 1. The van der Waals surface area contributed by atoms with Crippen molar-refractivity contribution in [3.8, 4) is 23.3 Å². The third-order valence-electron chi connectivity index (χ3n) is 18.5. The summed E-state index contributed by atoms with van der Waals surface area (Å²) >= 11 is 0. The molecular weight excluding hydrogens is 1490 g/mol. The third-order valence-corrected chi connectivity index (χ3v) is 19.6. The lowest BCUT2D eigenvalue weighted by Crippen LogP contribution is -2.07. The number of nitriles is 1. The first-order valence-electron chi connectivity index (χ1n) is 41.8. The summed E-state index contributed by atoms with van der Waals surface area (Å²) in [4.78, 5) is 27.9. The Kier molecular flexibility index (Phi) is 51.6. The molecule has 7 aromatic carbocycles. The van der Waals surface area contributed by atoms with Crippen molar-refractivity contribution in [1.29, 1.82) is 5.26 Å². The molecule has 0 N–H and O–H groups in total. The van der Waals surface area contributed by atoms with E-state index in [4.69, 9.17) is 19.5 Å². The summed E-state index contributed by atoms with van der Waals surface area (Å²) in [5.41, 5.74) is 20.3. The number of halogens is 1. The summed E-state index contributed by atoms with van der Waals surface area (Å²) in [6, 6.07) is 75.5. The Morgan fingerprint density at radius 2 is 0.857 bits per heavy atom. The van der Waals surface area contributed by atoms with Crippen molar-refractivity contribution < 1.29 is 31.8 Å². The molecule has 0 atom stereocenters. The van der Waals surface area contributed by atoms with E-state index in [1.54, 1.807) is 64.1 Å². The number of Topliss-reactive ketones (excluding diaryl/α,β-unsaturated/α-hetero) is 1. The number of hydrogen-bond donors (Lipinski definition) is 0. The number of pyridine rings is 4. The summed E-state index contributed by atoms with van der Waals surface area (Å²) in [7, 11) is 2.04. The fraction of sp³-hybridized carbons (Fsp3) is 0.396. The molecule has 0 saturated heterocycles. The Bertz CT molecular complexity index is 4690. The molecule has 4 heterocycles. The van der Waals surface area contributed by atoms with E-state index >= 15 is 0 Å². The number of rotatable bonds is 16. The lowest BCUT2D eigenvalue weighted by atomic mass is 9.99. The quantitative estimate of drug-likeness (QED) is 0.0671. The fourth-order valence-corrected chi connectivity index (χ4v) is 11.7. The molecule has 0 fully saturated rings. The molecule has 11 aromatic rings. The number of methoxy groups -OCH3 is 3. The van der Waals surface area contributed by atoms with Crippen LogP contribution in [0.3, 0.4) is 0 Å². The van der Waals surface area contributed by atoms with Gasteiger partial charge >= 0.3 is 0 Å². The maximum absolute atomic E-state index is 12.4. The number of carbonyl (C=O) groups excluding carboxylic acids is 1. The molecule has 11 nitrogen and oxygen atoms in total. The second-order valence-corrected chi connectivity index (χ2v) is 34.8. The van der Waals surface area contributed by atoms with Gasteiger partial charge in [0.05, 0.1) is 37.9 Å². The average Bonchev–Trinajstić information content (AvgIpc) is 0.848. The number of aryl methyl sites for hydroxylation is 5. The maximum Gasteiger partial charge on any atom is 0.213 e. The van der Waals surface area contributed by atoms with Crippen LogP contribution in [0.2, 0.25) is 0 Å². The van der Waals surface area contributed by atoms with E-state index in [9.17, 15) is 17.6 Å². The van der Waals surface area contributed by atoms with Gasteiger partial charge in [-0.1, -0.05) is 296 Å². The zero-order chi connectivity index (χ0) is 90.1. The van der Waals surface area contributed by atoms with Gasteiger partial charge in [-0.25, -0.2) is 13.4 Å². The van der Waals surface area contributed by atoms with E-state index in [1.165, 1.54) is 79.3 Å². The standard InChI is InChI=1S/C11H16.C10H11N.C10H14O2S.3C10H14O.C10H14.C9H11NO.2C9H13N.C8H10FN/c1-8(2)11-6-9(3)5-10(4)7-11;1-8(2)10-5-3-4-9(6-10)7-11;1-8(2)9-4-6-10(7-5-9)13(3,11)12;1-8(2)9-4-6-10(11-3)7-5-9;1-8(2)9-5-4-6-10(7-9)11-3;1-8(2)9-6-4-5-7-10(9)11-3;1-8(2)10-6-4-9(3)5-7-10;1-7(2)9(11)8-4-3-5-10-6-8;1-7(2)9-8(3)5-4-6-10-9;1-7(2)9-6-4-5-8(3)10-9;1-6(2)7-4-3-5-8(9)10-7/h5-8H,1-4H3;3-6,8H,1-2H3;4-8H,1-3H3;3*4-8H,1-3H3;4-8H,1-3H3;3-7H,1-2H3;2*4-7H,1-3H3;3-6H,1-2H3. The van der Waals surface area contributed by atoms with Gasteiger partial charge < -0.3 is 14.2 Å². The minimum absolute atomic E-state index is 0.0548. The van der Waals surface area contributed by atoms with Crippen LogP contribution in [0.25, 0.3) is 0 Å². The van der Waals surface area contributed by atoms with Crippen LogP contribution in [0.15, 0.2) is 248 Å². The van der Waals surface area contributed by atoms with E-state index in [0.29, 0.717) is 69.6 Å². The lowest BCUT2D eigenvalue weighted by molar-refractivity contribution is 0.0939. The van der Waals surface area contributed by atoms with Gasteiger partial charge in [0.2, 0.25) is 5.95 Å². The minimum atomic E-state index is -3.05. The highest BCUT2D eigenvalue weighted by Gasteiger charge is 2.11. The van der Waals surface area contributed by atoms with Gasteiger partial charge in [0.25, 0.3) is 0 Å². The van der Waals surface area contributed by atoms with Gasteiger partial charge in [0.15, 0.2) is 15.6 Å². The predicted octanol–water partition coefficient (Wildman–Crippen LogP) is 29.2. The topological polar surface area (TPSA) is 154 Å². The summed E-state index contributed by atoms with van der Waals surface area (Å²) in [5, 5.41) is 8.59. The molecule has 0 amide bonds. The number of ketones is 1. The van der Waals surface area contributed by atoms with E-state index in [0.717, 1.165) is 39.8 Å². The minimum Gasteiger partial charge on any atom is -0.497 e. The highest BCUT2D eigenvalue weighted by Crippen LogP contribution is 2.27. The molecule has 0 aliphatic heterocycles. The predicted molar refractivity (Wildman–Crippen MR) is 503 cm³/mol. The van der Waals surface area contributed by atoms with Crippen molar-refractivity contribution in [2.45, 2.75) is 251 Å². The number of benzene rings is 7. The molecule has 0 bridgehead atoms. The van der Waals surface area contributed by atoms with Crippen molar-refractivity contribution in [3.05, 3.63) is 344 Å². The van der Waals surface area contributed by atoms with E-state index in [1.807, 2.05) is 138 Å². The molecule has 13 heteroatoms. The van der Waals surface area contributed by atoms with Gasteiger partial charge in [0.1, 0.15) is 17.2 Å². The molecule has 119 heavy (non-hydrogen) atoms. The van der Waals surface area contributed by atoms with Gasteiger partial charge in [-0.15, -0.1) is 0 Å². The van der Waals surface area contributed by atoms with Crippen LogP contribution in [-0.2, 0) is 9.84 Å². The van der Waals surface area contributed by atoms with Gasteiger partial charge in [-0.05, 0) is 235 Å². The van der Waals surface area contributed by atoms with Gasteiger partial charge in [0, 0.05) is 59.1 Å². The first kappa shape index (κ1) is 107. The highest BCUT2D eigenvalue weighted by atomic mass is 32.2. The Morgan fingerprint density at radius 1 is 0.395 bits per heavy atom. The molecule has 11 rings (SSSR count). The third kappa shape index (κ3) is 44.8. The summed E-state index contributed by atoms with van der Waals surface area (Å²) in [6.45, 7) is 57.2. The van der Waals surface area contributed by atoms with E-state index in [-0.39, 0.29) is 11.7 Å². The van der Waals surface area contributed by atoms with Crippen molar-refractivity contribution >= 4 is 15.6 Å². The molecule has 0 radical (unpaired) electrons. The summed E-state index contributed by atoms with van der Waals surface area (Å²) in [6.07, 6.45) is 6.33. The number of carbonyl (C=O) groups is 1. The second kappa shape index (κ2) is 57.7. The largest absolute Gasteiger partial charge is 0.497 e. The molecule has 642 valence electrons. The SMILES string of the molecule is CC(C)C(=O)c1cccnc1.CC(C)c1ccc(S(C)(=O)=O)cc1.CC(C)c1cccc(C#N)c1.CC(C)c1cccc(F)n1.COc1ccc(C(C)C)cc1.COc1cccc(C(C)C)c1.COc1ccccc1C(C)C.Cc1cc(C)cc(C(C)C)c1.Cc1ccc(C(C)C)cc1.Cc1cccc(C(C)C)n1.Cc1cccnc1C(C)C. The number of aromatic nitrogens is 4. The van der Waals surface area contributed by atoms with Gasteiger partial charge in [-0.3, -0.25) is 19.7 Å². The van der Waals surface area contributed by atoms with Crippen LogP contribution >= 0.6 is 0 Å². The maximum atomic E-state index is 12.4. The normalized spacial score (nSPS) is 10.4. The smallest absolute Gasteiger partial charge is 0.213 e. The van der Waals surface area contributed by atoms with E-state index < -0.39 is 15.8 Å². The van der Waals surface area contributed by atoms with Crippen molar-refractivity contribution in [2.24, 2.45) is 5.92 Å². The Morgan fingerprint density at radius 3 is 1.24 bits per heavy atom. The molecule has 4 aromatic heterocycles. The average molecular weight is 1640 g/mol. The summed E-state index contributed by atoms with van der Waals surface area (Å²) in [5.74, 6) is 8.00. The number of nitrogens with zero attached hydrogens (tertiary/aromatic N) is 5. The Labute approximate surface area is 720 Å². The first-order valence-corrected chi connectivity index (χ1v) is 43.7. The van der Waals surface area contributed by atoms with Crippen LogP contribution in [-0.4, -0.2) is 61.7 Å². The fourth-order valence-electron chi connectivity index (χ4n) is 11.1. The monoisotopic (exact) mass is 1630 g/mol. The van der Waals surface area contributed by atoms with Crippen LogP contribution in [0.4, 0.5) is 4.39 Å². The Hall–Kier alpha value is -10.4. The molecule has 0 saturated carbocycles. The second-order valence-electron chi connectivity index (χ2n) is 32.8. The van der Waals surface area contributed by atoms with Crippen molar-refractivity contribution in [3.63, 3.8) is 0 Å². The van der Waals surface area contributed by atoms with Crippen LogP contribution in [0, 0.1) is 57.8 Å². The number of hydrogen-bond acceptors (Lipinski definition) is 11. The molecule has 0 unspecified atom stereocenters. The van der Waals surface area contributed by atoms with E-state index in [2.05, 4.69) is 269 Å². The zero-order valence-corrected chi connectivity index (χ0v) is 78.7. The summed E-state index contributed by atoms with van der Waals surface area (Å²) < 4.78 is 50.0. The van der Waals surface area contributed by atoms with Crippen LogP contribution in [0.5, 0.6) is 17.2 Å². The Balaban J connectivity index is 0.000000655. The van der Waals surface area contributed by atoms with Crippen LogP contribution in [0.1, 0.15) is 311 Å². The van der Waals surface area contributed by atoms with Crippen molar-refractivity contribution in [2.75, 3.05) is 27.6 Å². The molecule has 0 aliphatic rings. The zero-order valence-electron chi connectivity index (χ0n) is 77.9. The first-order chi connectivity index (χ1) is 56.0. The van der Waals surface area contributed by atoms with Crippen molar-refractivity contribution in [1.82, 2.24) is 19.9 Å². The molecule has 0 spiro atoms.